The molecule has 5 heteroatoms. The fourth-order valence-corrected chi connectivity index (χ4v) is 1.38. The van der Waals surface area contributed by atoms with Gasteiger partial charge in [0.15, 0.2) is 17.5 Å². The van der Waals surface area contributed by atoms with Crippen LogP contribution in [0.4, 0.5) is 13.2 Å². The van der Waals surface area contributed by atoms with Gasteiger partial charge in [-0.05, 0) is 24.6 Å². The second-order valence-electron chi connectivity index (χ2n) is 3.39. The molecule has 0 fully saturated rings. The summed E-state index contributed by atoms with van der Waals surface area (Å²) >= 11 is 0. The standard InChI is InChI=1S/C12H13F3N2/c1-2-3-4-17-11(7-16)8-5-9(13)12(15)10(14)6-8/h5-6,11,17H,4,7,16H2,1H3. The predicted molar refractivity (Wildman–Crippen MR) is 59.6 cm³/mol. The third-order valence-electron chi connectivity index (χ3n) is 2.26. The van der Waals surface area contributed by atoms with E-state index in [1.165, 1.54) is 0 Å². The summed E-state index contributed by atoms with van der Waals surface area (Å²) < 4.78 is 38.8. The van der Waals surface area contributed by atoms with Crippen LogP contribution in [0.3, 0.4) is 0 Å². The summed E-state index contributed by atoms with van der Waals surface area (Å²) in [6.07, 6.45) is 0. The number of halogens is 3. The number of rotatable bonds is 4. The van der Waals surface area contributed by atoms with Gasteiger partial charge in [-0.25, -0.2) is 13.2 Å². The fourth-order valence-electron chi connectivity index (χ4n) is 1.38. The van der Waals surface area contributed by atoms with Crippen molar-refractivity contribution in [3.63, 3.8) is 0 Å². The minimum atomic E-state index is -1.47. The summed E-state index contributed by atoms with van der Waals surface area (Å²) in [4.78, 5) is 0. The van der Waals surface area contributed by atoms with Crippen molar-refractivity contribution in [1.82, 2.24) is 5.32 Å². The molecule has 2 nitrogen and oxygen atoms in total. The van der Waals surface area contributed by atoms with Crippen molar-refractivity contribution in [2.45, 2.75) is 13.0 Å². The summed E-state index contributed by atoms with van der Waals surface area (Å²) in [5, 5.41) is 2.91. The van der Waals surface area contributed by atoms with E-state index in [0.29, 0.717) is 6.54 Å². The van der Waals surface area contributed by atoms with Gasteiger partial charge in [-0.1, -0.05) is 5.92 Å². The number of hydrogen-bond acceptors (Lipinski definition) is 2. The Labute approximate surface area is 98.0 Å². The maximum absolute atomic E-state index is 13.0. The molecule has 0 saturated heterocycles. The molecule has 0 aliphatic heterocycles. The molecule has 92 valence electrons. The first-order valence-corrected chi connectivity index (χ1v) is 5.07. The van der Waals surface area contributed by atoms with Crippen LogP contribution in [-0.4, -0.2) is 13.1 Å². The lowest BCUT2D eigenvalue weighted by molar-refractivity contribution is 0.441. The van der Waals surface area contributed by atoms with Gasteiger partial charge in [-0.2, -0.15) is 0 Å². The van der Waals surface area contributed by atoms with Gasteiger partial charge in [0.25, 0.3) is 0 Å². The van der Waals surface area contributed by atoms with Crippen molar-refractivity contribution < 1.29 is 13.2 Å². The Morgan fingerprint density at radius 3 is 2.35 bits per heavy atom. The zero-order valence-electron chi connectivity index (χ0n) is 9.36. The van der Waals surface area contributed by atoms with Crippen LogP contribution in [0.5, 0.6) is 0 Å². The number of nitrogens with two attached hydrogens (primary N) is 1. The van der Waals surface area contributed by atoms with Gasteiger partial charge in [-0.15, -0.1) is 5.92 Å². The molecule has 1 rings (SSSR count). The Morgan fingerprint density at radius 2 is 1.88 bits per heavy atom. The van der Waals surface area contributed by atoms with Crippen LogP contribution >= 0.6 is 0 Å². The summed E-state index contributed by atoms with van der Waals surface area (Å²) in [6.45, 7) is 2.16. The fraction of sp³-hybridized carbons (Fsp3) is 0.333. The molecule has 0 spiro atoms. The maximum atomic E-state index is 13.0. The SMILES string of the molecule is CC#CCNC(CN)c1cc(F)c(F)c(F)c1. The molecule has 0 bridgehead atoms. The Bertz CT molecular complexity index is 426. The van der Waals surface area contributed by atoms with Crippen LogP contribution in [0.25, 0.3) is 0 Å². The number of hydrogen-bond donors (Lipinski definition) is 2. The molecule has 1 unspecified atom stereocenters. The number of benzene rings is 1. The van der Waals surface area contributed by atoms with Crippen LogP contribution in [0.2, 0.25) is 0 Å². The average molecular weight is 242 g/mol. The molecule has 17 heavy (non-hydrogen) atoms. The average Bonchev–Trinajstić information content (AvgIpc) is 2.31. The Morgan fingerprint density at radius 1 is 1.29 bits per heavy atom. The molecule has 0 heterocycles. The predicted octanol–water partition coefficient (Wildman–Crippen LogP) is 1.72. The van der Waals surface area contributed by atoms with Gasteiger partial charge in [0.05, 0.1) is 6.54 Å². The first kappa shape index (κ1) is 13.6. The first-order chi connectivity index (χ1) is 8.10. The van der Waals surface area contributed by atoms with Crippen molar-refractivity contribution >= 4 is 0 Å². The highest BCUT2D eigenvalue weighted by Gasteiger charge is 2.15. The molecule has 0 aliphatic carbocycles. The van der Waals surface area contributed by atoms with Crippen LogP contribution in [0.1, 0.15) is 18.5 Å². The second-order valence-corrected chi connectivity index (χ2v) is 3.39. The zero-order valence-corrected chi connectivity index (χ0v) is 9.36. The van der Waals surface area contributed by atoms with E-state index in [1.807, 2.05) is 0 Å². The van der Waals surface area contributed by atoms with Gasteiger partial charge in [0.2, 0.25) is 0 Å². The van der Waals surface area contributed by atoms with Gasteiger partial charge in [-0.3, -0.25) is 5.32 Å². The van der Waals surface area contributed by atoms with E-state index in [4.69, 9.17) is 5.73 Å². The van der Waals surface area contributed by atoms with Crippen LogP contribution in [0.15, 0.2) is 12.1 Å². The minimum absolute atomic E-state index is 0.135. The van der Waals surface area contributed by atoms with E-state index in [9.17, 15) is 13.2 Å². The van der Waals surface area contributed by atoms with Gasteiger partial charge in [0, 0.05) is 12.6 Å². The molecule has 0 aromatic heterocycles. The van der Waals surface area contributed by atoms with E-state index < -0.39 is 23.5 Å². The quantitative estimate of drug-likeness (QED) is 0.623. The molecule has 0 amide bonds. The Hall–Kier alpha value is -1.51. The summed E-state index contributed by atoms with van der Waals surface area (Å²) in [6, 6.07) is 1.41. The third-order valence-corrected chi connectivity index (χ3v) is 2.26. The van der Waals surface area contributed by atoms with Crippen LogP contribution in [0, 0.1) is 29.3 Å². The minimum Gasteiger partial charge on any atom is -0.329 e. The van der Waals surface area contributed by atoms with Crippen LogP contribution in [-0.2, 0) is 0 Å². The lowest BCUT2D eigenvalue weighted by Gasteiger charge is -2.16. The van der Waals surface area contributed by atoms with Crippen molar-refractivity contribution in [2.24, 2.45) is 5.73 Å². The molecule has 3 N–H and O–H groups in total. The van der Waals surface area contributed by atoms with E-state index in [-0.39, 0.29) is 12.1 Å². The molecule has 0 saturated carbocycles. The maximum Gasteiger partial charge on any atom is 0.194 e. The molecular weight excluding hydrogens is 229 g/mol. The van der Waals surface area contributed by atoms with Crippen molar-refractivity contribution in [3.8, 4) is 11.8 Å². The second kappa shape index (κ2) is 6.28. The van der Waals surface area contributed by atoms with Crippen LogP contribution < -0.4 is 11.1 Å². The molecule has 1 aromatic rings. The molecule has 0 aliphatic rings. The van der Waals surface area contributed by atoms with Gasteiger partial charge in [0.1, 0.15) is 0 Å². The molecule has 1 aromatic carbocycles. The monoisotopic (exact) mass is 242 g/mol. The summed E-state index contributed by atoms with van der Waals surface area (Å²) in [7, 11) is 0. The van der Waals surface area contributed by atoms with E-state index in [0.717, 1.165) is 12.1 Å². The van der Waals surface area contributed by atoms with Gasteiger partial charge >= 0.3 is 0 Å². The molecular formula is C12H13F3N2. The van der Waals surface area contributed by atoms with Gasteiger partial charge < -0.3 is 5.73 Å². The van der Waals surface area contributed by atoms with Crippen molar-refractivity contribution in [2.75, 3.05) is 13.1 Å². The Balaban J connectivity index is 2.90. The largest absolute Gasteiger partial charge is 0.329 e. The summed E-state index contributed by atoms with van der Waals surface area (Å²) in [5.74, 6) is 1.50. The Kier molecular flexibility index (Phi) is 5.01. The molecule has 1 atom stereocenters. The van der Waals surface area contributed by atoms with E-state index in [2.05, 4.69) is 17.2 Å². The highest BCUT2D eigenvalue weighted by Crippen LogP contribution is 2.18. The smallest absolute Gasteiger partial charge is 0.194 e. The van der Waals surface area contributed by atoms with E-state index in [1.54, 1.807) is 6.92 Å². The topological polar surface area (TPSA) is 38.0 Å². The lowest BCUT2D eigenvalue weighted by Crippen LogP contribution is -2.28. The highest BCUT2D eigenvalue weighted by atomic mass is 19.2. The van der Waals surface area contributed by atoms with E-state index >= 15 is 0 Å². The van der Waals surface area contributed by atoms with Crippen molar-refractivity contribution in [1.29, 1.82) is 0 Å². The normalized spacial score (nSPS) is 11.8. The van der Waals surface area contributed by atoms with Crippen molar-refractivity contribution in [3.05, 3.63) is 35.1 Å². The highest BCUT2D eigenvalue weighted by molar-refractivity contribution is 5.23. The zero-order chi connectivity index (χ0) is 12.8. The lowest BCUT2D eigenvalue weighted by atomic mass is 10.1. The first-order valence-electron chi connectivity index (χ1n) is 5.07. The summed E-state index contributed by atoms with van der Waals surface area (Å²) in [5.41, 5.74) is 5.74. The molecule has 0 radical (unpaired) electrons. The third kappa shape index (κ3) is 3.48. The number of nitrogens with one attached hydrogen (secondary N) is 1.